The minimum absolute atomic E-state index is 0.100. The van der Waals surface area contributed by atoms with E-state index in [1.54, 1.807) is 37.7 Å². The predicted octanol–water partition coefficient (Wildman–Crippen LogP) is 5.52. The monoisotopic (exact) mass is 455 g/mol. The number of benzene rings is 1. The molecule has 0 amide bonds. The molecular formula is C24H27F2N5O2. The Balaban J connectivity index is 1.54. The van der Waals surface area contributed by atoms with Crippen LogP contribution in [0, 0.1) is 5.41 Å². The maximum absolute atomic E-state index is 12.4. The van der Waals surface area contributed by atoms with E-state index in [4.69, 9.17) is 4.74 Å². The van der Waals surface area contributed by atoms with Gasteiger partial charge in [-0.1, -0.05) is 26.0 Å². The highest BCUT2D eigenvalue weighted by atomic mass is 19.3. The van der Waals surface area contributed by atoms with Gasteiger partial charge in [-0.3, -0.25) is 0 Å². The van der Waals surface area contributed by atoms with Gasteiger partial charge in [-0.25, -0.2) is 9.97 Å². The number of alkyl halides is 2. The molecule has 0 saturated carbocycles. The number of piperidine rings is 1. The number of methoxy groups -OCH3 is 1. The summed E-state index contributed by atoms with van der Waals surface area (Å²) in [6, 6.07) is 10.1. The Labute approximate surface area is 191 Å². The Morgan fingerprint density at radius 2 is 1.76 bits per heavy atom. The molecule has 1 aromatic carbocycles. The summed E-state index contributed by atoms with van der Waals surface area (Å²) in [4.78, 5) is 15.7. The lowest BCUT2D eigenvalue weighted by atomic mass is 9.83. The quantitative estimate of drug-likeness (QED) is 0.503. The van der Waals surface area contributed by atoms with Gasteiger partial charge in [0.25, 0.3) is 0 Å². The topological polar surface area (TPSA) is 72.4 Å². The third-order valence-electron chi connectivity index (χ3n) is 5.76. The van der Waals surface area contributed by atoms with E-state index in [0.717, 1.165) is 37.1 Å². The van der Waals surface area contributed by atoms with Crippen molar-refractivity contribution in [1.29, 1.82) is 0 Å². The number of hydrogen-bond acceptors (Lipinski definition) is 7. The average molecular weight is 456 g/mol. The van der Waals surface area contributed by atoms with Crippen LogP contribution in [0.2, 0.25) is 0 Å². The zero-order valence-corrected chi connectivity index (χ0v) is 18.9. The lowest BCUT2D eigenvalue weighted by Gasteiger charge is -2.36. The van der Waals surface area contributed by atoms with Crippen molar-refractivity contribution >= 4 is 17.5 Å². The van der Waals surface area contributed by atoms with Crippen LogP contribution < -0.4 is 19.7 Å². The van der Waals surface area contributed by atoms with Crippen LogP contribution in [0.1, 0.15) is 26.7 Å². The van der Waals surface area contributed by atoms with Crippen molar-refractivity contribution < 1.29 is 18.3 Å². The number of rotatable bonds is 7. The molecule has 3 heterocycles. The molecule has 174 valence electrons. The van der Waals surface area contributed by atoms with Crippen LogP contribution in [0.5, 0.6) is 11.6 Å². The fraction of sp³-hybridized carbons (Fsp3) is 0.375. The van der Waals surface area contributed by atoms with Crippen molar-refractivity contribution in [3.05, 3.63) is 48.8 Å². The van der Waals surface area contributed by atoms with Gasteiger partial charge in [0.2, 0.25) is 11.8 Å². The largest absolute Gasteiger partial charge is 0.480 e. The van der Waals surface area contributed by atoms with E-state index >= 15 is 0 Å². The van der Waals surface area contributed by atoms with Crippen molar-refractivity contribution in [1.82, 2.24) is 15.0 Å². The lowest BCUT2D eigenvalue weighted by molar-refractivity contribution is -0.0498. The maximum atomic E-state index is 12.4. The number of pyridine rings is 1. The second kappa shape index (κ2) is 9.56. The van der Waals surface area contributed by atoms with E-state index in [0.29, 0.717) is 28.7 Å². The van der Waals surface area contributed by atoms with E-state index in [9.17, 15) is 8.78 Å². The van der Waals surface area contributed by atoms with Crippen LogP contribution >= 0.6 is 0 Å². The second-order valence-corrected chi connectivity index (χ2v) is 8.70. The van der Waals surface area contributed by atoms with E-state index in [1.807, 2.05) is 6.07 Å². The molecule has 1 fully saturated rings. The average Bonchev–Trinajstić information content (AvgIpc) is 2.79. The van der Waals surface area contributed by atoms with Gasteiger partial charge in [0.1, 0.15) is 17.3 Å². The molecule has 1 aliphatic heterocycles. The standard InChI is InChI=1S/C24H27F2N5O2/c1-24(2)9-12-31(13-10-24)23-27-11-8-20(30-23)29-19-14-17(15-28-21(19)32-3)16-4-6-18(7-5-16)33-22(25)26/h4-8,11,14-15,22H,9-10,12-13H2,1-3H3,(H,27,29,30). The summed E-state index contributed by atoms with van der Waals surface area (Å²) in [6.07, 6.45) is 5.58. The predicted molar refractivity (Wildman–Crippen MR) is 123 cm³/mol. The van der Waals surface area contributed by atoms with Crippen molar-refractivity contribution in [2.75, 3.05) is 30.4 Å². The first-order valence-corrected chi connectivity index (χ1v) is 10.8. The first kappa shape index (κ1) is 22.7. The number of halogens is 2. The number of aromatic nitrogens is 3. The molecule has 0 bridgehead atoms. The van der Waals surface area contributed by atoms with Crippen LogP contribution in [-0.2, 0) is 0 Å². The second-order valence-electron chi connectivity index (χ2n) is 8.70. The van der Waals surface area contributed by atoms with Crippen LogP contribution in [-0.4, -0.2) is 41.8 Å². The molecular weight excluding hydrogens is 428 g/mol. The van der Waals surface area contributed by atoms with Gasteiger partial charge in [-0.2, -0.15) is 13.8 Å². The zero-order valence-electron chi connectivity index (χ0n) is 18.9. The first-order valence-electron chi connectivity index (χ1n) is 10.8. The lowest BCUT2D eigenvalue weighted by Crippen LogP contribution is -2.38. The van der Waals surface area contributed by atoms with Gasteiger partial charge in [0, 0.05) is 31.0 Å². The molecule has 0 radical (unpaired) electrons. The minimum atomic E-state index is -2.86. The van der Waals surface area contributed by atoms with E-state index < -0.39 is 6.61 Å². The maximum Gasteiger partial charge on any atom is 0.387 e. The SMILES string of the molecule is COc1ncc(-c2ccc(OC(F)F)cc2)cc1Nc1ccnc(N2CCC(C)(C)CC2)n1. The Hall–Kier alpha value is -3.49. The first-order chi connectivity index (χ1) is 15.8. The third kappa shape index (κ3) is 5.66. The van der Waals surface area contributed by atoms with E-state index in [-0.39, 0.29) is 5.75 Å². The molecule has 2 aromatic heterocycles. The Morgan fingerprint density at radius 1 is 1.03 bits per heavy atom. The van der Waals surface area contributed by atoms with Gasteiger partial charge < -0.3 is 19.7 Å². The number of hydrogen-bond donors (Lipinski definition) is 1. The highest BCUT2D eigenvalue weighted by Crippen LogP contribution is 2.33. The summed E-state index contributed by atoms with van der Waals surface area (Å²) >= 11 is 0. The number of ether oxygens (including phenoxy) is 2. The molecule has 4 rings (SSSR count). The highest BCUT2D eigenvalue weighted by molar-refractivity contribution is 5.72. The molecule has 1 N–H and O–H groups in total. The molecule has 0 unspecified atom stereocenters. The van der Waals surface area contributed by atoms with Crippen molar-refractivity contribution in [3.8, 4) is 22.8 Å². The van der Waals surface area contributed by atoms with Crippen LogP contribution in [0.15, 0.2) is 48.8 Å². The van der Waals surface area contributed by atoms with Gasteiger partial charge in [0.15, 0.2) is 0 Å². The molecule has 33 heavy (non-hydrogen) atoms. The van der Waals surface area contributed by atoms with E-state index in [2.05, 4.69) is 43.8 Å². The van der Waals surface area contributed by atoms with Gasteiger partial charge >= 0.3 is 6.61 Å². The molecule has 7 nitrogen and oxygen atoms in total. The number of nitrogens with one attached hydrogen (secondary N) is 1. The molecule has 0 atom stereocenters. The molecule has 0 aliphatic carbocycles. The van der Waals surface area contributed by atoms with Gasteiger partial charge in [-0.05, 0) is 48.1 Å². The Kier molecular flexibility index (Phi) is 6.57. The van der Waals surface area contributed by atoms with Crippen molar-refractivity contribution in [3.63, 3.8) is 0 Å². The van der Waals surface area contributed by atoms with Gasteiger partial charge in [-0.15, -0.1) is 0 Å². The molecule has 3 aromatic rings. The molecule has 0 spiro atoms. The molecule has 9 heteroatoms. The number of nitrogens with zero attached hydrogens (tertiary/aromatic N) is 4. The van der Waals surface area contributed by atoms with Crippen LogP contribution in [0.4, 0.5) is 26.2 Å². The summed E-state index contributed by atoms with van der Waals surface area (Å²) in [6.45, 7) is 3.55. The van der Waals surface area contributed by atoms with Gasteiger partial charge in [0.05, 0.1) is 7.11 Å². The fourth-order valence-electron chi connectivity index (χ4n) is 3.71. The van der Waals surface area contributed by atoms with E-state index in [1.165, 1.54) is 12.1 Å². The Morgan fingerprint density at radius 3 is 2.42 bits per heavy atom. The van der Waals surface area contributed by atoms with Crippen molar-refractivity contribution in [2.45, 2.75) is 33.3 Å². The summed E-state index contributed by atoms with van der Waals surface area (Å²) in [5.74, 6) is 1.83. The summed E-state index contributed by atoms with van der Waals surface area (Å²) < 4.78 is 34.6. The third-order valence-corrected chi connectivity index (χ3v) is 5.76. The minimum Gasteiger partial charge on any atom is -0.480 e. The Bertz CT molecular complexity index is 1080. The van der Waals surface area contributed by atoms with Crippen molar-refractivity contribution in [2.24, 2.45) is 5.41 Å². The fourth-order valence-corrected chi connectivity index (χ4v) is 3.71. The highest BCUT2D eigenvalue weighted by Gasteiger charge is 2.26. The zero-order chi connectivity index (χ0) is 23.4. The smallest absolute Gasteiger partial charge is 0.387 e. The van der Waals surface area contributed by atoms with Crippen LogP contribution in [0.3, 0.4) is 0 Å². The molecule has 1 aliphatic rings. The normalized spacial score (nSPS) is 15.4. The summed E-state index contributed by atoms with van der Waals surface area (Å²) in [5, 5.41) is 3.28. The number of anilines is 3. The summed E-state index contributed by atoms with van der Waals surface area (Å²) in [7, 11) is 1.55. The van der Waals surface area contributed by atoms with Crippen LogP contribution in [0.25, 0.3) is 11.1 Å². The molecule has 1 saturated heterocycles. The summed E-state index contributed by atoms with van der Waals surface area (Å²) in [5.41, 5.74) is 2.56.